The molecule has 0 spiro atoms. The van der Waals surface area contributed by atoms with Crippen molar-refractivity contribution in [2.24, 2.45) is 0 Å². The lowest BCUT2D eigenvalue weighted by Gasteiger charge is -2.12. The van der Waals surface area contributed by atoms with Crippen molar-refractivity contribution < 1.29 is 13.0 Å². The lowest BCUT2D eigenvalue weighted by molar-refractivity contribution is 0.482. The van der Waals surface area contributed by atoms with Gasteiger partial charge in [-0.3, -0.25) is 4.55 Å². The van der Waals surface area contributed by atoms with Crippen LogP contribution in [-0.4, -0.2) is 13.0 Å². The number of hydrogen-bond donors (Lipinski definition) is 2. The molecule has 0 saturated heterocycles. The Morgan fingerprint density at radius 1 is 1.20 bits per heavy atom. The molecule has 3 N–H and O–H groups in total. The summed E-state index contributed by atoms with van der Waals surface area (Å²) in [6.07, 6.45) is 1.18. The van der Waals surface area contributed by atoms with Crippen LogP contribution in [0.15, 0.2) is 17.0 Å². The van der Waals surface area contributed by atoms with E-state index in [2.05, 4.69) is 0 Å². The zero-order valence-electron chi connectivity index (χ0n) is 8.82. The van der Waals surface area contributed by atoms with E-state index in [-0.39, 0.29) is 4.90 Å². The molecule has 1 aromatic carbocycles. The highest BCUT2D eigenvalue weighted by molar-refractivity contribution is 7.85. The first-order valence-corrected chi connectivity index (χ1v) is 6.23. The van der Waals surface area contributed by atoms with E-state index >= 15 is 0 Å². The van der Waals surface area contributed by atoms with Crippen molar-refractivity contribution in [1.29, 1.82) is 0 Å². The first kappa shape index (κ1) is 12.0. The van der Waals surface area contributed by atoms with Gasteiger partial charge in [0.25, 0.3) is 10.1 Å². The maximum atomic E-state index is 11.1. The van der Waals surface area contributed by atoms with Crippen LogP contribution in [0.1, 0.15) is 25.0 Å². The summed E-state index contributed by atoms with van der Waals surface area (Å²) in [6.45, 7) is 3.74. The largest absolute Gasteiger partial charge is 0.398 e. The van der Waals surface area contributed by atoms with E-state index in [4.69, 9.17) is 10.3 Å². The van der Waals surface area contributed by atoms with Crippen LogP contribution in [-0.2, 0) is 23.0 Å². The first-order valence-electron chi connectivity index (χ1n) is 4.79. The van der Waals surface area contributed by atoms with Crippen molar-refractivity contribution >= 4 is 15.8 Å². The van der Waals surface area contributed by atoms with Gasteiger partial charge in [-0.15, -0.1) is 0 Å². The van der Waals surface area contributed by atoms with Crippen LogP contribution in [0.2, 0.25) is 0 Å². The zero-order chi connectivity index (χ0) is 11.6. The van der Waals surface area contributed by atoms with Gasteiger partial charge in [-0.25, -0.2) is 0 Å². The minimum atomic E-state index is -4.15. The van der Waals surface area contributed by atoms with E-state index in [1.807, 2.05) is 13.8 Å². The molecular weight excluding hydrogens is 214 g/mol. The van der Waals surface area contributed by atoms with Gasteiger partial charge >= 0.3 is 0 Å². The van der Waals surface area contributed by atoms with Crippen molar-refractivity contribution in [3.05, 3.63) is 23.3 Å². The smallest absolute Gasteiger partial charge is 0.294 e. The normalized spacial score (nSPS) is 11.7. The van der Waals surface area contributed by atoms with E-state index < -0.39 is 10.1 Å². The number of nitrogen functional groups attached to an aromatic ring is 1. The highest BCUT2D eigenvalue weighted by Gasteiger charge is 2.17. The number of hydrogen-bond acceptors (Lipinski definition) is 3. The second-order valence-electron chi connectivity index (χ2n) is 3.29. The molecule has 15 heavy (non-hydrogen) atoms. The maximum absolute atomic E-state index is 11.1. The molecule has 0 aliphatic carbocycles. The second-order valence-corrected chi connectivity index (χ2v) is 4.68. The maximum Gasteiger partial charge on any atom is 0.294 e. The average molecular weight is 229 g/mol. The summed E-state index contributed by atoms with van der Waals surface area (Å²) in [5, 5.41) is 0. The van der Waals surface area contributed by atoms with Crippen molar-refractivity contribution in [2.45, 2.75) is 31.6 Å². The van der Waals surface area contributed by atoms with Crippen LogP contribution in [0.3, 0.4) is 0 Å². The summed E-state index contributed by atoms with van der Waals surface area (Å²) >= 11 is 0. The van der Waals surface area contributed by atoms with Crippen LogP contribution in [0.4, 0.5) is 5.69 Å². The van der Waals surface area contributed by atoms with Gasteiger partial charge in [0.15, 0.2) is 0 Å². The summed E-state index contributed by atoms with van der Waals surface area (Å²) < 4.78 is 31.3. The van der Waals surface area contributed by atoms with Gasteiger partial charge in [-0.1, -0.05) is 13.8 Å². The third-order valence-corrected chi connectivity index (χ3v) is 3.35. The number of rotatable bonds is 3. The Labute approximate surface area is 89.9 Å². The summed E-state index contributed by atoms with van der Waals surface area (Å²) in [5.74, 6) is 0. The summed E-state index contributed by atoms with van der Waals surface area (Å²) in [5.41, 5.74) is 7.72. The lowest BCUT2D eigenvalue weighted by atomic mass is 10.0. The predicted octanol–water partition coefficient (Wildman–Crippen LogP) is 1.64. The van der Waals surface area contributed by atoms with Gasteiger partial charge in [0, 0.05) is 5.69 Å². The molecule has 0 amide bonds. The Morgan fingerprint density at radius 3 is 2.13 bits per heavy atom. The Kier molecular flexibility index (Phi) is 3.36. The average Bonchev–Trinajstić information content (AvgIpc) is 2.15. The SMILES string of the molecule is CCc1c(N)ccc(S(=O)(=O)O)c1CC. The van der Waals surface area contributed by atoms with Crippen molar-refractivity contribution in [3.8, 4) is 0 Å². The molecule has 0 heterocycles. The third-order valence-electron chi connectivity index (χ3n) is 2.41. The fourth-order valence-corrected chi connectivity index (χ4v) is 2.56. The quantitative estimate of drug-likeness (QED) is 0.610. The highest BCUT2D eigenvalue weighted by atomic mass is 32.2. The van der Waals surface area contributed by atoms with E-state index in [0.717, 1.165) is 5.56 Å². The van der Waals surface area contributed by atoms with Crippen LogP contribution in [0.5, 0.6) is 0 Å². The summed E-state index contributed by atoms with van der Waals surface area (Å²) in [7, 11) is -4.15. The van der Waals surface area contributed by atoms with E-state index in [0.29, 0.717) is 24.1 Å². The predicted molar refractivity (Wildman–Crippen MR) is 59.4 cm³/mol. The van der Waals surface area contributed by atoms with Gasteiger partial charge in [0.1, 0.15) is 0 Å². The van der Waals surface area contributed by atoms with E-state index in [9.17, 15) is 8.42 Å². The molecule has 0 aromatic heterocycles. The fraction of sp³-hybridized carbons (Fsp3) is 0.400. The highest BCUT2D eigenvalue weighted by Crippen LogP contribution is 2.25. The number of anilines is 1. The zero-order valence-corrected chi connectivity index (χ0v) is 9.63. The lowest BCUT2D eigenvalue weighted by Crippen LogP contribution is -2.07. The van der Waals surface area contributed by atoms with E-state index in [1.54, 1.807) is 0 Å². The monoisotopic (exact) mass is 229 g/mol. The summed E-state index contributed by atoms with van der Waals surface area (Å²) in [4.78, 5) is -0.0314. The van der Waals surface area contributed by atoms with Gasteiger partial charge in [0.05, 0.1) is 4.90 Å². The van der Waals surface area contributed by atoms with Crippen LogP contribution in [0, 0.1) is 0 Å². The van der Waals surface area contributed by atoms with Gasteiger partial charge in [0.2, 0.25) is 0 Å². The molecule has 0 saturated carbocycles. The molecule has 4 nitrogen and oxygen atoms in total. The molecule has 0 bridgehead atoms. The molecular formula is C10H15NO3S. The van der Waals surface area contributed by atoms with Crippen LogP contribution < -0.4 is 5.73 Å². The van der Waals surface area contributed by atoms with Crippen LogP contribution in [0.25, 0.3) is 0 Å². The van der Waals surface area contributed by atoms with Gasteiger partial charge < -0.3 is 5.73 Å². The van der Waals surface area contributed by atoms with Crippen molar-refractivity contribution in [1.82, 2.24) is 0 Å². The first-order chi connectivity index (χ1) is 6.91. The van der Waals surface area contributed by atoms with Gasteiger partial charge in [-0.05, 0) is 36.1 Å². The Balaban J connectivity index is 3.57. The number of nitrogens with two attached hydrogens (primary N) is 1. The Morgan fingerprint density at radius 2 is 1.73 bits per heavy atom. The Bertz CT molecular complexity index is 466. The molecule has 84 valence electrons. The molecule has 0 unspecified atom stereocenters. The Hall–Kier alpha value is -1.07. The topological polar surface area (TPSA) is 80.4 Å². The molecule has 0 atom stereocenters. The number of benzene rings is 1. The molecule has 0 aliphatic rings. The van der Waals surface area contributed by atoms with Crippen LogP contribution >= 0.6 is 0 Å². The molecule has 1 rings (SSSR count). The van der Waals surface area contributed by atoms with E-state index in [1.165, 1.54) is 12.1 Å². The fourth-order valence-electron chi connectivity index (χ4n) is 1.74. The molecule has 1 aromatic rings. The summed E-state index contributed by atoms with van der Waals surface area (Å²) in [6, 6.07) is 2.86. The molecule has 0 radical (unpaired) electrons. The van der Waals surface area contributed by atoms with Crippen molar-refractivity contribution in [3.63, 3.8) is 0 Å². The minimum Gasteiger partial charge on any atom is -0.398 e. The second kappa shape index (κ2) is 4.20. The molecule has 0 aliphatic heterocycles. The minimum absolute atomic E-state index is 0.0314. The third kappa shape index (κ3) is 2.30. The molecule has 5 heteroatoms. The molecule has 0 fully saturated rings. The van der Waals surface area contributed by atoms with Crippen molar-refractivity contribution in [2.75, 3.05) is 5.73 Å². The standard InChI is InChI=1S/C10H15NO3S/c1-3-7-8(4-2)10(15(12,13)14)6-5-9(7)11/h5-6H,3-4,11H2,1-2H3,(H,12,13,14). The van der Waals surface area contributed by atoms with Gasteiger partial charge in [-0.2, -0.15) is 8.42 Å².